The molecule has 0 aromatic carbocycles. The van der Waals surface area contributed by atoms with Gasteiger partial charge in [-0.2, -0.15) is 0 Å². The van der Waals surface area contributed by atoms with Crippen LogP contribution in [-0.4, -0.2) is 33.3 Å². The van der Waals surface area contributed by atoms with E-state index in [1.165, 1.54) is 6.07 Å². The van der Waals surface area contributed by atoms with Gasteiger partial charge in [-0.1, -0.05) is 6.92 Å². The summed E-state index contributed by atoms with van der Waals surface area (Å²) < 4.78 is 0. The third kappa shape index (κ3) is 2.79. The number of carboxylic acid groups (broad SMARTS) is 1. The van der Waals surface area contributed by atoms with E-state index in [0.29, 0.717) is 18.8 Å². The summed E-state index contributed by atoms with van der Waals surface area (Å²) in [6.07, 6.45) is 3.31. The number of pyridine rings is 1. The topological polar surface area (TPSA) is 82.5 Å². The third-order valence-corrected chi connectivity index (χ3v) is 3.37. The maximum atomic E-state index is 11.0. The van der Waals surface area contributed by atoms with Crippen molar-refractivity contribution in [3.05, 3.63) is 23.4 Å². The maximum absolute atomic E-state index is 11.0. The van der Waals surface area contributed by atoms with E-state index in [0.717, 1.165) is 25.0 Å². The van der Waals surface area contributed by atoms with Crippen LogP contribution in [0.1, 0.15) is 42.2 Å². The number of rotatable bonds is 5. The number of carboxylic acids is 1. The van der Waals surface area contributed by atoms with Gasteiger partial charge in [-0.3, -0.25) is 0 Å². The molecule has 0 saturated heterocycles. The molecule has 1 aliphatic carbocycles. The molecule has 1 saturated carbocycles. The summed E-state index contributed by atoms with van der Waals surface area (Å²) >= 11 is 0. The summed E-state index contributed by atoms with van der Waals surface area (Å²) in [5, 5.41) is 22.0. The Morgan fingerprint density at radius 3 is 2.72 bits per heavy atom. The molecule has 0 atom stereocenters. The number of nitrogens with zero attached hydrogens (tertiary/aromatic N) is 1. The molecule has 2 rings (SSSR count). The summed E-state index contributed by atoms with van der Waals surface area (Å²) in [5.74, 6) is -0.440. The van der Waals surface area contributed by atoms with Crippen LogP contribution in [-0.2, 0) is 6.42 Å². The fraction of sp³-hybridized carbons (Fsp3) is 0.538. The summed E-state index contributed by atoms with van der Waals surface area (Å²) in [4.78, 5) is 15.3. The Balaban J connectivity index is 2.11. The van der Waals surface area contributed by atoms with Crippen molar-refractivity contribution in [2.75, 3.05) is 11.9 Å². The van der Waals surface area contributed by atoms with Gasteiger partial charge in [0.05, 0.1) is 11.2 Å². The zero-order valence-corrected chi connectivity index (χ0v) is 10.4. The normalized spacial score (nSPS) is 17.0. The lowest BCUT2D eigenvalue weighted by Crippen LogP contribution is -2.43. The first-order valence-electron chi connectivity index (χ1n) is 6.23. The number of aliphatic hydroxyl groups is 1. The lowest BCUT2D eigenvalue weighted by atomic mass is 9.80. The SMILES string of the molecule is CCc1cc(C(=O)O)cc(NCC2(O)CCC2)n1. The van der Waals surface area contributed by atoms with Crippen molar-refractivity contribution in [3.63, 3.8) is 0 Å². The number of aromatic carboxylic acids is 1. The van der Waals surface area contributed by atoms with Crippen molar-refractivity contribution in [2.45, 2.75) is 38.2 Å². The Morgan fingerprint density at radius 1 is 1.50 bits per heavy atom. The van der Waals surface area contributed by atoms with Gasteiger partial charge in [-0.25, -0.2) is 9.78 Å². The van der Waals surface area contributed by atoms with Crippen LogP contribution in [0.15, 0.2) is 12.1 Å². The Hall–Kier alpha value is -1.62. The predicted octanol–water partition coefficient (Wildman–Crippen LogP) is 1.67. The van der Waals surface area contributed by atoms with Crippen LogP contribution in [0.3, 0.4) is 0 Å². The van der Waals surface area contributed by atoms with Gasteiger partial charge in [0.2, 0.25) is 0 Å². The molecule has 0 radical (unpaired) electrons. The van der Waals surface area contributed by atoms with E-state index >= 15 is 0 Å². The van der Waals surface area contributed by atoms with Crippen LogP contribution >= 0.6 is 0 Å². The van der Waals surface area contributed by atoms with Crippen molar-refractivity contribution < 1.29 is 15.0 Å². The molecule has 0 aliphatic heterocycles. The maximum Gasteiger partial charge on any atom is 0.335 e. The van der Waals surface area contributed by atoms with Gasteiger partial charge < -0.3 is 15.5 Å². The molecule has 0 spiro atoms. The molecule has 0 unspecified atom stereocenters. The first kappa shape index (κ1) is 12.8. The smallest absolute Gasteiger partial charge is 0.335 e. The van der Waals surface area contributed by atoms with Crippen molar-refractivity contribution in [2.24, 2.45) is 0 Å². The molecule has 1 aromatic heterocycles. The van der Waals surface area contributed by atoms with Gasteiger partial charge in [0, 0.05) is 12.2 Å². The van der Waals surface area contributed by atoms with Gasteiger partial charge in [0.1, 0.15) is 5.82 Å². The highest BCUT2D eigenvalue weighted by Crippen LogP contribution is 2.31. The first-order chi connectivity index (χ1) is 8.52. The second-order valence-corrected chi connectivity index (χ2v) is 4.82. The summed E-state index contributed by atoms with van der Waals surface area (Å²) in [7, 11) is 0. The van der Waals surface area contributed by atoms with Crippen LogP contribution in [0.25, 0.3) is 0 Å². The molecule has 0 amide bonds. The minimum absolute atomic E-state index is 0.227. The minimum Gasteiger partial charge on any atom is -0.478 e. The molecule has 1 aromatic rings. The largest absolute Gasteiger partial charge is 0.478 e. The highest BCUT2D eigenvalue weighted by atomic mass is 16.4. The number of hydrogen-bond donors (Lipinski definition) is 3. The summed E-state index contributed by atoms with van der Waals surface area (Å²) in [6, 6.07) is 3.08. The van der Waals surface area contributed by atoms with Crippen LogP contribution in [0, 0.1) is 0 Å². The second-order valence-electron chi connectivity index (χ2n) is 4.82. The average Bonchev–Trinajstić information content (AvgIpc) is 2.33. The summed E-state index contributed by atoms with van der Waals surface area (Å²) in [5.41, 5.74) is 0.316. The number of carbonyl (C=O) groups is 1. The van der Waals surface area contributed by atoms with Gasteiger partial charge in [-0.05, 0) is 37.8 Å². The lowest BCUT2D eigenvalue weighted by molar-refractivity contribution is -0.0202. The predicted molar refractivity (Wildman–Crippen MR) is 67.9 cm³/mol. The van der Waals surface area contributed by atoms with Gasteiger partial charge in [0.15, 0.2) is 0 Å². The Labute approximate surface area is 106 Å². The van der Waals surface area contributed by atoms with E-state index in [4.69, 9.17) is 5.11 Å². The van der Waals surface area contributed by atoms with Crippen molar-refractivity contribution in [3.8, 4) is 0 Å². The third-order valence-electron chi connectivity index (χ3n) is 3.37. The number of aromatic nitrogens is 1. The molecule has 5 heteroatoms. The standard InChI is InChI=1S/C13H18N2O3/c1-2-10-6-9(12(16)17)7-11(15-10)14-8-13(18)4-3-5-13/h6-7,18H,2-5,8H2,1H3,(H,14,15)(H,16,17). The van der Waals surface area contributed by atoms with E-state index in [2.05, 4.69) is 10.3 Å². The highest BCUT2D eigenvalue weighted by molar-refractivity contribution is 5.88. The van der Waals surface area contributed by atoms with E-state index in [-0.39, 0.29) is 5.56 Å². The van der Waals surface area contributed by atoms with E-state index < -0.39 is 11.6 Å². The molecule has 5 nitrogen and oxygen atoms in total. The van der Waals surface area contributed by atoms with Crippen LogP contribution in [0.4, 0.5) is 5.82 Å². The Morgan fingerprint density at radius 2 is 2.22 bits per heavy atom. The zero-order valence-electron chi connectivity index (χ0n) is 10.4. The number of hydrogen-bond acceptors (Lipinski definition) is 4. The average molecular weight is 250 g/mol. The minimum atomic E-state index is -0.961. The molecular weight excluding hydrogens is 232 g/mol. The fourth-order valence-corrected chi connectivity index (χ4v) is 2.00. The Bertz CT molecular complexity index is 456. The van der Waals surface area contributed by atoms with E-state index in [1.807, 2.05) is 6.92 Å². The number of anilines is 1. The van der Waals surface area contributed by atoms with Gasteiger partial charge in [-0.15, -0.1) is 0 Å². The van der Waals surface area contributed by atoms with Gasteiger partial charge >= 0.3 is 5.97 Å². The Kier molecular flexibility index (Phi) is 3.52. The zero-order chi connectivity index (χ0) is 13.2. The van der Waals surface area contributed by atoms with Crippen LogP contribution in [0.2, 0.25) is 0 Å². The quantitative estimate of drug-likeness (QED) is 0.740. The van der Waals surface area contributed by atoms with Crippen LogP contribution in [0.5, 0.6) is 0 Å². The molecular formula is C13H18N2O3. The molecule has 0 bridgehead atoms. The van der Waals surface area contributed by atoms with Crippen molar-refractivity contribution in [1.29, 1.82) is 0 Å². The molecule has 1 heterocycles. The van der Waals surface area contributed by atoms with Crippen molar-refractivity contribution in [1.82, 2.24) is 4.98 Å². The fourth-order valence-electron chi connectivity index (χ4n) is 2.00. The number of nitrogens with one attached hydrogen (secondary N) is 1. The van der Waals surface area contributed by atoms with Crippen LogP contribution < -0.4 is 5.32 Å². The molecule has 98 valence electrons. The lowest BCUT2D eigenvalue weighted by Gasteiger charge is -2.36. The molecule has 1 fully saturated rings. The highest BCUT2D eigenvalue weighted by Gasteiger charge is 2.34. The molecule has 1 aliphatic rings. The van der Waals surface area contributed by atoms with Crippen molar-refractivity contribution >= 4 is 11.8 Å². The molecule has 3 N–H and O–H groups in total. The second kappa shape index (κ2) is 4.94. The van der Waals surface area contributed by atoms with E-state index in [1.54, 1.807) is 6.07 Å². The molecule has 18 heavy (non-hydrogen) atoms. The van der Waals surface area contributed by atoms with E-state index in [9.17, 15) is 9.90 Å². The number of aryl methyl sites for hydroxylation is 1. The first-order valence-corrected chi connectivity index (χ1v) is 6.23. The summed E-state index contributed by atoms with van der Waals surface area (Å²) in [6.45, 7) is 2.35. The van der Waals surface area contributed by atoms with Gasteiger partial charge in [0.25, 0.3) is 0 Å². The monoisotopic (exact) mass is 250 g/mol.